The van der Waals surface area contributed by atoms with Gasteiger partial charge in [-0.3, -0.25) is 4.79 Å². The number of benzene rings is 2. The van der Waals surface area contributed by atoms with E-state index in [-0.39, 0.29) is 11.5 Å². The molecule has 3 rings (SSSR count). The van der Waals surface area contributed by atoms with Crippen molar-refractivity contribution in [2.24, 2.45) is 0 Å². The molecule has 152 valence electrons. The van der Waals surface area contributed by atoms with Gasteiger partial charge in [0.1, 0.15) is 0 Å². The summed E-state index contributed by atoms with van der Waals surface area (Å²) in [5.74, 6) is 0.319. The van der Waals surface area contributed by atoms with Crippen LogP contribution in [0.1, 0.15) is 12.0 Å². The number of phenols is 1. The highest BCUT2D eigenvalue weighted by Gasteiger charge is 2.12. The van der Waals surface area contributed by atoms with Crippen molar-refractivity contribution >= 4 is 23.6 Å². The van der Waals surface area contributed by atoms with Crippen LogP contribution in [0.15, 0.2) is 42.5 Å². The molecule has 1 heterocycles. The molecule has 0 spiro atoms. The molecular formula is C21H21NO7. The Morgan fingerprint density at radius 1 is 1.14 bits per heavy atom. The van der Waals surface area contributed by atoms with Crippen molar-refractivity contribution in [3.63, 3.8) is 0 Å². The number of carbonyl (C=O) groups excluding carboxylic acids is 2. The van der Waals surface area contributed by atoms with Crippen LogP contribution in [0.3, 0.4) is 0 Å². The van der Waals surface area contributed by atoms with Crippen LogP contribution >= 0.6 is 0 Å². The summed E-state index contributed by atoms with van der Waals surface area (Å²) in [4.78, 5) is 23.8. The number of aromatic hydroxyl groups is 1. The molecular weight excluding hydrogens is 378 g/mol. The van der Waals surface area contributed by atoms with E-state index in [9.17, 15) is 14.7 Å². The number of methoxy groups -OCH3 is 1. The highest BCUT2D eigenvalue weighted by atomic mass is 16.5. The first-order valence-electron chi connectivity index (χ1n) is 8.96. The third kappa shape index (κ3) is 5.65. The van der Waals surface area contributed by atoms with E-state index in [4.69, 9.17) is 18.9 Å². The van der Waals surface area contributed by atoms with E-state index < -0.39 is 18.5 Å². The van der Waals surface area contributed by atoms with Gasteiger partial charge in [0.25, 0.3) is 5.91 Å². The van der Waals surface area contributed by atoms with Gasteiger partial charge in [0.2, 0.25) is 0 Å². The first kappa shape index (κ1) is 20.1. The lowest BCUT2D eigenvalue weighted by Gasteiger charge is -2.10. The molecule has 0 saturated heterocycles. The van der Waals surface area contributed by atoms with Crippen LogP contribution in [-0.2, 0) is 14.3 Å². The zero-order valence-corrected chi connectivity index (χ0v) is 15.8. The summed E-state index contributed by atoms with van der Waals surface area (Å²) >= 11 is 0. The fourth-order valence-electron chi connectivity index (χ4n) is 2.59. The van der Waals surface area contributed by atoms with E-state index in [0.29, 0.717) is 36.0 Å². The van der Waals surface area contributed by atoms with Gasteiger partial charge in [-0.05, 0) is 35.9 Å². The molecule has 8 nitrogen and oxygen atoms in total. The molecule has 0 radical (unpaired) electrons. The van der Waals surface area contributed by atoms with Crippen molar-refractivity contribution in [1.29, 1.82) is 0 Å². The summed E-state index contributed by atoms with van der Waals surface area (Å²) in [7, 11) is 1.43. The van der Waals surface area contributed by atoms with Gasteiger partial charge in [-0.2, -0.15) is 0 Å². The van der Waals surface area contributed by atoms with E-state index in [1.165, 1.54) is 25.3 Å². The summed E-state index contributed by atoms with van der Waals surface area (Å²) in [6, 6.07) is 9.70. The molecule has 0 atom stereocenters. The summed E-state index contributed by atoms with van der Waals surface area (Å²) < 4.78 is 21.0. The number of nitrogens with one attached hydrogen (secondary N) is 1. The minimum Gasteiger partial charge on any atom is -0.504 e. The number of amides is 1. The Kier molecular flexibility index (Phi) is 6.57. The predicted molar refractivity (Wildman–Crippen MR) is 105 cm³/mol. The quantitative estimate of drug-likeness (QED) is 0.569. The molecule has 1 aliphatic rings. The minimum absolute atomic E-state index is 0.00124. The van der Waals surface area contributed by atoms with Crippen LogP contribution in [0.4, 0.5) is 5.69 Å². The number of anilines is 1. The monoisotopic (exact) mass is 399 g/mol. The summed E-state index contributed by atoms with van der Waals surface area (Å²) in [5, 5.41) is 12.2. The number of esters is 1. The van der Waals surface area contributed by atoms with E-state index in [1.807, 2.05) is 0 Å². The number of hydrogen-bond acceptors (Lipinski definition) is 7. The van der Waals surface area contributed by atoms with Gasteiger partial charge in [-0.15, -0.1) is 0 Å². The second-order valence-corrected chi connectivity index (χ2v) is 6.13. The normalized spacial score (nSPS) is 12.9. The Morgan fingerprint density at radius 3 is 2.72 bits per heavy atom. The second kappa shape index (κ2) is 9.50. The van der Waals surface area contributed by atoms with E-state index in [1.54, 1.807) is 30.3 Å². The summed E-state index contributed by atoms with van der Waals surface area (Å²) in [5.41, 5.74) is 1.15. The molecule has 0 fully saturated rings. The molecule has 0 saturated carbocycles. The molecule has 0 aliphatic carbocycles. The zero-order valence-electron chi connectivity index (χ0n) is 15.8. The van der Waals surface area contributed by atoms with Crippen LogP contribution in [0.5, 0.6) is 23.0 Å². The maximum Gasteiger partial charge on any atom is 0.331 e. The average Bonchev–Trinajstić information content (AvgIpc) is 2.96. The molecule has 2 aromatic rings. The van der Waals surface area contributed by atoms with E-state index in [2.05, 4.69) is 5.32 Å². The lowest BCUT2D eigenvalue weighted by molar-refractivity contribution is -0.142. The first-order chi connectivity index (χ1) is 14.0. The van der Waals surface area contributed by atoms with Crippen LogP contribution in [-0.4, -0.2) is 43.9 Å². The van der Waals surface area contributed by atoms with Gasteiger partial charge in [-0.25, -0.2) is 4.79 Å². The van der Waals surface area contributed by atoms with Crippen molar-refractivity contribution in [2.75, 3.05) is 32.2 Å². The van der Waals surface area contributed by atoms with Gasteiger partial charge in [-0.1, -0.05) is 6.07 Å². The minimum atomic E-state index is -0.675. The van der Waals surface area contributed by atoms with E-state index >= 15 is 0 Å². The molecule has 8 heteroatoms. The SMILES string of the molecule is COc1cc(/C=C/C(=O)OCC(=O)Nc2ccc3c(c2)OCCCO3)ccc1O. The average molecular weight is 399 g/mol. The van der Waals surface area contributed by atoms with E-state index in [0.717, 1.165) is 6.42 Å². The van der Waals surface area contributed by atoms with Crippen molar-refractivity contribution in [3.05, 3.63) is 48.0 Å². The molecule has 0 aromatic heterocycles. The van der Waals surface area contributed by atoms with Crippen molar-refractivity contribution in [3.8, 4) is 23.0 Å². The van der Waals surface area contributed by atoms with Crippen molar-refractivity contribution in [1.82, 2.24) is 0 Å². The van der Waals surface area contributed by atoms with Crippen molar-refractivity contribution in [2.45, 2.75) is 6.42 Å². The number of fused-ring (bicyclic) bond motifs is 1. The maximum atomic E-state index is 12.0. The van der Waals surface area contributed by atoms with Crippen LogP contribution in [0.25, 0.3) is 6.08 Å². The number of rotatable bonds is 6. The largest absolute Gasteiger partial charge is 0.504 e. The number of ether oxygens (including phenoxy) is 4. The number of phenolic OH excluding ortho intramolecular Hbond substituents is 1. The Morgan fingerprint density at radius 2 is 1.93 bits per heavy atom. The molecule has 1 aliphatic heterocycles. The zero-order chi connectivity index (χ0) is 20.6. The van der Waals surface area contributed by atoms with Gasteiger partial charge in [0, 0.05) is 24.3 Å². The molecule has 1 amide bonds. The topological polar surface area (TPSA) is 103 Å². The Hall–Kier alpha value is -3.68. The third-order valence-electron chi connectivity index (χ3n) is 3.99. The van der Waals surface area contributed by atoms with Crippen molar-refractivity contribution < 1.29 is 33.6 Å². The summed E-state index contributed by atoms with van der Waals surface area (Å²) in [6.07, 6.45) is 3.47. The maximum absolute atomic E-state index is 12.0. The fourth-order valence-corrected chi connectivity index (χ4v) is 2.59. The lowest BCUT2D eigenvalue weighted by atomic mass is 10.2. The predicted octanol–water partition coefficient (Wildman–Crippen LogP) is 2.76. The summed E-state index contributed by atoms with van der Waals surface area (Å²) in [6.45, 7) is 0.691. The highest BCUT2D eigenvalue weighted by Crippen LogP contribution is 2.32. The van der Waals surface area contributed by atoms with Gasteiger partial charge >= 0.3 is 5.97 Å². The number of carbonyl (C=O) groups is 2. The standard InChI is InChI=1S/C21H21NO7/c1-26-18-11-14(3-6-16(18)23)4-8-21(25)29-13-20(24)22-15-5-7-17-19(12-15)28-10-2-9-27-17/h3-8,11-12,23H,2,9-10,13H2,1H3,(H,22,24)/b8-4+. The number of hydrogen-bond donors (Lipinski definition) is 2. The van der Waals surface area contributed by atoms with Crippen LogP contribution < -0.4 is 19.5 Å². The fraction of sp³-hybridized carbons (Fsp3) is 0.238. The Balaban J connectivity index is 1.50. The smallest absolute Gasteiger partial charge is 0.331 e. The molecule has 2 N–H and O–H groups in total. The first-order valence-corrected chi connectivity index (χ1v) is 8.96. The van der Waals surface area contributed by atoms with Crippen LogP contribution in [0, 0.1) is 0 Å². The lowest BCUT2D eigenvalue weighted by Crippen LogP contribution is -2.20. The second-order valence-electron chi connectivity index (χ2n) is 6.13. The molecule has 29 heavy (non-hydrogen) atoms. The van der Waals surface area contributed by atoms with Gasteiger partial charge in [0.05, 0.1) is 20.3 Å². The molecule has 2 aromatic carbocycles. The van der Waals surface area contributed by atoms with Gasteiger partial charge in [0.15, 0.2) is 29.6 Å². The Bertz CT molecular complexity index is 923. The molecule has 0 bridgehead atoms. The molecule has 0 unspecified atom stereocenters. The van der Waals surface area contributed by atoms with Crippen LogP contribution in [0.2, 0.25) is 0 Å². The van der Waals surface area contributed by atoms with Gasteiger partial charge < -0.3 is 29.4 Å². The Labute approximate surface area is 167 Å². The highest BCUT2D eigenvalue weighted by molar-refractivity contribution is 5.94. The third-order valence-corrected chi connectivity index (χ3v) is 3.99.